The number of aromatic nitrogens is 3. The van der Waals surface area contributed by atoms with Crippen LogP contribution in [0.15, 0.2) is 4.79 Å². The zero-order valence-corrected chi connectivity index (χ0v) is 16.3. The van der Waals surface area contributed by atoms with Crippen LogP contribution >= 0.6 is 24.8 Å². The fourth-order valence-corrected chi connectivity index (χ4v) is 3.33. The van der Waals surface area contributed by atoms with E-state index >= 15 is 0 Å². The molecule has 2 aromatic heterocycles. The Morgan fingerprint density at radius 3 is 2.72 bits per heavy atom. The third kappa shape index (κ3) is 4.34. The number of amides is 1. The van der Waals surface area contributed by atoms with E-state index in [9.17, 15) is 9.59 Å². The summed E-state index contributed by atoms with van der Waals surface area (Å²) in [6.07, 6.45) is 1.99. The first-order valence-corrected chi connectivity index (χ1v) is 8.02. The first-order valence-electron chi connectivity index (χ1n) is 8.02. The number of hydrogen-bond donors (Lipinski definition) is 3. The predicted octanol–water partition coefficient (Wildman–Crippen LogP) is 1.13. The molecule has 1 aliphatic heterocycles. The summed E-state index contributed by atoms with van der Waals surface area (Å²) in [5, 5.41) is 9.64. The van der Waals surface area contributed by atoms with Gasteiger partial charge in [-0.25, -0.2) is 4.98 Å². The number of carbonyl (C=O) groups excluding carboxylic acids is 1. The topological polar surface area (TPSA) is 91.8 Å². The van der Waals surface area contributed by atoms with Crippen molar-refractivity contribution in [3.05, 3.63) is 27.2 Å². The van der Waals surface area contributed by atoms with Gasteiger partial charge < -0.3 is 10.6 Å². The molecule has 1 atom stereocenters. The van der Waals surface area contributed by atoms with Gasteiger partial charge in [0.2, 0.25) is 5.91 Å². The van der Waals surface area contributed by atoms with Crippen LogP contribution < -0.4 is 16.2 Å². The minimum absolute atomic E-state index is 0. The van der Waals surface area contributed by atoms with Crippen molar-refractivity contribution in [2.45, 2.75) is 39.2 Å². The second-order valence-electron chi connectivity index (χ2n) is 6.26. The van der Waals surface area contributed by atoms with Crippen molar-refractivity contribution in [2.24, 2.45) is 7.05 Å². The van der Waals surface area contributed by atoms with Gasteiger partial charge in [0.1, 0.15) is 0 Å². The summed E-state index contributed by atoms with van der Waals surface area (Å²) in [5.74, 6) is 0.0552. The zero-order chi connectivity index (χ0) is 16.6. The van der Waals surface area contributed by atoms with Crippen LogP contribution in [0.1, 0.15) is 29.7 Å². The summed E-state index contributed by atoms with van der Waals surface area (Å²) < 4.78 is 1.64. The molecule has 9 heteroatoms. The van der Waals surface area contributed by atoms with Gasteiger partial charge in [-0.1, -0.05) is 0 Å². The van der Waals surface area contributed by atoms with Crippen LogP contribution in [-0.2, 0) is 18.3 Å². The lowest BCUT2D eigenvalue weighted by Crippen LogP contribution is -2.36. The van der Waals surface area contributed by atoms with Gasteiger partial charge in [0, 0.05) is 31.7 Å². The number of H-pyrrole nitrogens is 1. The Balaban J connectivity index is 0.00000156. The highest BCUT2D eigenvalue weighted by Gasteiger charge is 2.18. The number of aryl methyl sites for hydroxylation is 3. The number of carbonyl (C=O) groups is 1. The van der Waals surface area contributed by atoms with Gasteiger partial charge in [-0.15, -0.1) is 24.8 Å². The highest BCUT2D eigenvalue weighted by atomic mass is 35.5. The van der Waals surface area contributed by atoms with Gasteiger partial charge in [-0.2, -0.15) is 0 Å². The Morgan fingerprint density at radius 2 is 2.08 bits per heavy atom. The van der Waals surface area contributed by atoms with Crippen LogP contribution in [0.3, 0.4) is 0 Å². The molecule has 1 fully saturated rings. The zero-order valence-electron chi connectivity index (χ0n) is 14.6. The summed E-state index contributed by atoms with van der Waals surface area (Å²) in [7, 11) is 1.78. The van der Waals surface area contributed by atoms with E-state index < -0.39 is 0 Å². The largest absolute Gasteiger partial charge is 0.352 e. The van der Waals surface area contributed by atoms with Gasteiger partial charge >= 0.3 is 0 Å². The third-order valence-electron chi connectivity index (χ3n) is 4.60. The van der Waals surface area contributed by atoms with E-state index in [1.54, 1.807) is 11.7 Å². The quantitative estimate of drug-likeness (QED) is 0.730. The number of hydrogen-bond acceptors (Lipinski definition) is 4. The van der Waals surface area contributed by atoms with E-state index in [0.29, 0.717) is 23.9 Å². The molecule has 2 aromatic rings. The lowest BCUT2D eigenvalue weighted by Gasteiger charge is -2.13. The Kier molecular flexibility index (Phi) is 7.46. The van der Waals surface area contributed by atoms with Crippen molar-refractivity contribution in [3.8, 4) is 0 Å². The summed E-state index contributed by atoms with van der Waals surface area (Å²) >= 11 is 0. The van der Waals surface area contributed by atoms with Gasteiger partial charge in [0.05, 0.1) is 5.39 Å². The third-order valence-corrected chi connectivity index (χ3v) is 4.60. The lowest BCUT2D eigenvalue weighted by molar-refractivity contribution is -0.121. The first kappa shape index (κ1) is 21.5. The Labute approximate surface area is 158 Å². The van der Waals surface area contributed by atoms with Crippen LogP contribution in [0.4, 0.5) is 0 Å². The van der Waals surface area contributed by atoms with Crippen LogP contribution in [0.25, 0.3) is 11.0 Å². The van der Waals surface area contributed by atoms with E-state index in [1.807, 2.05) is 13.8 Å². The maximum absolute atomic E-state index is 12.1. The van der Waals surface area contributed by atoms with Crippen LogP contribution in [-0.4, -0.2) is 39.8 Å². The maximum Gasteiger partial charge on any atom is 0.273 e. The highest BCUT2D eigenvalue weighted by molar-refractivity contribution is 5.85. The highest BCUT2D eigenvalue weighted by Crippen LogP contribution is 2.21. The lowest BCUT2D eigenvalue weighted by atomic mass is 10.00. The van der Waals surface area contributed by atoms with Crippen molar-refractivity contribution in [1.82, 2.24) is 25.4 Å². The van der Waals surface area contributed by atoms with Crippen LogP contribution in [0.5, 0.6) is 0 Å². The van der Waals surface area contributed by atoms with Gasteiger partial charge in [-0.3, -0.25) is 19.4 Å². The van der Waals surface area contributed by atoms with Crippen molar-refractivity contribution in [1.29, 1.82) is 0 Å². The van der Waals surface area contributed by atoms with Gasteiger partial charge in [-0.05, 0) is 44.4 Å². The van der Waals surface area contributed by atoms with E-state index in [2.05, 4.69) is 20.7 Å². The average molecular weight is 390 g/mol. The molecule has 1 saturated heterocycles. The molecule has 3 N–H and O–H groups in total. The predicted molar refractivity (Wildman–Crippen MR) is 103 cm³/mol. The molecule has 7 nitrogen and oxygen atoms in total. The molecule has 0 saturated carbocycles. The van der Waals surface area contributed by atoms with Crippen molar-refractivity contribution in [3.63, 3.8) is 0 Å². The Hall–Kier alpha value is -1.57. The van der Waals surface area contributed by atoms with Crippen molar-refractivity contribution in [2.75, 3.05) is 13.1 Å². The molecule has 3 heterocycles. The number of aromatic amines is 1. The molecule has 0 spiro atoms. The monoisotopic (exact) mass is 389 g/mol. The van der Waals surface area contributed by atoms with E-state index in [-0.39, 0.29) is 42.3 Å². The average Bonchev–Trinajstić information content (AvgIpc) is 3.07. The molecular weight excluding hydrogens is 365 g/mol. The van der Waals surface area contributed by atoms with Crippen molar-refractivity contribution >= 4 is 41.8 Å². The molecule has 0 aliphatic carbocycles. The van der Waals surface area contributed by atoms with E-state index in [0.717, 1.165) is 36.3 Å². The second kappa shape index (κ2) is 8.69. The number of fused-ring (bicyclic) bond motifs is 1. The van der Waals surface area contributed by atoms with E-state index in [1.165, 1.54) is 0 Å². The van der Waals surface area contributed by atoms with Crippen LogP contribution in [0.2, 0.25) is 0 Å². The number of pyridine rings is 1. The summed E-state index contributed by atoms with van der Waals surface area (Å²) in [5.41, 5.74) is 3.32. The maximum atomic E-state index is 12.1. The fourth-order valence-electron chi connectivity index (χ4n) is 3.33. The fraction of sp³-hybridized carbons (Fsp3) is 0.562. The van der Waals surface area contributed by atoms with Gasteiger partial charge in [0.25, 0.3) is 5.56 Å². The summed E-state index contributed by atoms with van der Waals surface area (Å²) in [6.45, 7) is 5.66. The summed E-state index contributed by atoms with van der Waals surface area (Å²) in [6, 6.07) is 0.238. The van der Waals surface area contributed by atoms with Gasteiger partial charge in [0.15, 0.2) is 5.65 Å². The molecule has 3 rings (SSSR count). The first-order chi connectivity index (χ1) is 11.0. The Bertz CT molecular complexity index is 809. The minimum Gasteiger partial charge on any atom is -0.352 e. The molecule has 0 bridgehead atoms. The molecule has 1 amide bonds. The number of halogens is 2. The molecule has 0 radical (unpaired) electrons. The van der Waals surface area contributed by atoms with E-state index in [4.69, 9.17) is 0 Å². The summed E-state index contributed by atoms with van der Waals surface area (Å²) in [4.78, 5) is 28.7. The SMILES string of the molecule is Cc1nc2c(c(C)c1CCC(=O)NC1CCNC1)c(=O)[nH]n2C.Cl.Cl. The number of rotatable bonds is 4. The van der Waals surface area contributed by atoms with Crippen LogP contribution in [0, 0.1) is 13.8 Å². The smallest absolute Gasteiger partial charge is 0.273 e. The standard InChI is InChI=1S/C16H23N5O2.2ClH/c1-9-12(4-5-13(22)19-11-6-7-17-8-11)10(2)18-15-14(9)16(23)20-21(15)3;;/h11,17H,4-8H2,1-3H3,(H,19,22)(H,20,23);2*1H. The molecule has 25 heavy (non-hydrogen) atoms. The molecular formula is C16H25Cl2N5O2. The number of nitrogens with zero attached hydrogens (tertiary/aromatic N) is 2. The Morgan fingerprint density at radius 1 is 1.36 bits per heavy atom. The number of nitrogens with one attached hydrogen (secondary N) is 3. The molecule has 1 aliphatic rings. The molecule has 1 unspecified atom stereocenters. The molecule has 140 valence electrons. The minimum atomic E-state index is -0.129. The molecule has 0 aromatic carbocycles. The second-order valence-corrected chi connectivity index (χ2v) is 6.26. The normalized spacial score (nSPS) is 16.4. The van der Waals surface area contributed by atoms with Crippen molar-refractivity contribution < 1.29 is 4.79 Å².